The molecule has 0 bridgehead atoms. The number of hydrogen-bond donors (Lipinski definition) is 0. The summed E-state index contributed by atoms with van der Waals surface area (Å²) in [6.45, 7) is 12.4. The van der Waals surface area contributed by atoms with Gasteiger partial charge in [-0.15, -0.1) is 0 Å². The van der Waals surface area contributed by atoms with Crippen molar-refractivity contribution in [2.75, 3.05) is 26.4 Å². The first kappa shape index (κ1) is 41.5. The van der Waals surface area contributed by atoms with E-state index >= 15 is 0 Å². The highest BCUT2D eigenvalue weighted by atomic mass is 16.5. The molecule has 4 fully saturated rings. The molecule has 3 heteroatoms. The van der Waals surface area contributed by atoms with Gasteiger partial charge in [0.2, 0.25) is 0 Å². The van der Waals surface area contributed by atoms with Crippen LogP contribution in [-0.4, -0.2) is 37.6 Å². The quantitative estimate of drug-likeness (QED) is 0.131. The van der Waals surface area contributed by atoms with Crippen LogP contribution in [0.4, 0.5) is 0 Å². The van der Waals surface area contributed by atoms with Gasteiger partial charge in [-0.3, -0.25) is 0 Å². The second kappa shape index (κ2) is 19.8. The second-order valence-electron chi connectivity index (χ2n) is 19.0. The van der Waals surface area contributed by atoms with Gasteiger partial charge in [0.15, 0.2) is 0 Å². The molecule has 4 saturated carbocycles. The van der Waals surface area contributed by atoms with Crippen molar-refractivity contribution < 1.29 is 14.2 Å². The van der Waals surface area contributed by atoms with Crippen LogP contribution in [0.25, 0.3) is 0 Å². The molecule has 0 aliphatic heterocycles. The molecule has 0 heterocycles. The lowest BCUT2D eigenvalue weighted by Gasteiger charge is -2.56. The molecular formula is C50H82O3. The van der Waals surface area contributed by atoms with E-state index in [-0.39, 0.29) is 22.0 Å². The first-order valence-corrected chi connectivity index (χ1v) is 23.6. The van der Waals surface area contributed by atoms with Crippen molar-refractivity contribution in [2.45, 2.75) is 193 Å². The van der Waals surface area contributed by atoms with E-state index in [2.05, 4.69) is 76.3 Å². The average molecular weight is 731 g/mol. The van der Waals surface area contributed by atoms with Gasteiger partial charge in [0.05, 0.1) is 13.2 Å². The lowest BCUT2D eigenvalue weighted by atomic mass is 9.52. The minimum Gasteiger partial charge on any atom is -0.380 e. The zero-order valence-electron chi connectivity index (χ0n) is 35.1. The monoisotopic (exact) mass is 731 g/mol. The standard InChI is InChI=1S/C50H82O3/c1-5-15-41-17-21-45(22-18-41)47(29-11-9-12-30-47)49(52-37-7-3)33-25-43(26-34-49)39-51-40-44-27-35-50(36-28-44,53-38-8-4)48(31-13-10-14-32-48)46-23-19-42(16-6-2)20-24-46/h25-28,33-36,41-46H,5-24,29-32,37-40H2,1-4H3. The average Bonchev–Trinajstić information content (AvgIpc) is 3.21. The van der Waals surface area contributed by atoms with Crippen LogP contribution >= 0.6 is 0 Å². The van der Waals surface area contributed by atoms with E-state index in [0.29, 0.717) is 11.8 Å². The Morgan fingerprint density at radius 3 is 1.13 bits per heavy atom. The molecule has 0 aromatic carbocycles. The Morgan fingerprint density at radius 2 is 0.811 bits per heavy atom. The molecular weight excluding hydrogens is 649 g/mol. The van der Waals surface area contributed by atoms with E-state index < -0.39 is 0 Å². The zero-order valence-corrected chi connectivity index (χ0v) is 35.1. The van der Waals surface area contributed by atoms with Crippen LogP contribution in [0.5, 0.6) is 0 Å². The molecule has 53 heavy (non-hydrogen) atoms. The van der Waals surface area contributed by atoms with Gasteiger partial charge >= 0.3 is 0 Å². The molecule has 0 aromatic rings. The molecule has 300 valence electrons. The first-order chi connectivity index (χ1) is 26.0. The molecule has 6 aliphatic carbocycles. The van der Waals surface area contributed by atoms with Gasteiger partial charge in [-0.2, -0.15) is 0 Å². The second-order valence-corrected chi connectivity index (χ2v) is 19.0. The van der Waals surface area contributed by atoms with Crippen molar-refractivity contribution in [2.24, 2.45) is 46.3 Å². The highest BCUT2D eigenvalue weighted by Gasteiger charge is 2.56. The van der Waals surface area contributed by atoms with Crippen molar-refractivity contribution in [1.82, 2.24) is 0 Å². The summed E-state index contributed by atoms with van der Waals surface area (Å²) in [4.78, 5) is 0. The van der Waals surface area contributed by atoms with Crippen LogP contribution < -0.4 is 0 Å². The van der Waals surface area contributed by atoms with Crippen molar-refractivity contribution in [1.29, 1.82) is 0 Å². The van der Waals surface area contributed by atoms with Gasteiger partial charge < -0.3 is 14.2 Å². The maximum Gasteiger partial charge on any atom is 0.110 e. The van der Waals surface area contributed by atoms with E-state index in [1.54, 1.807) is 0 Å². The summed E-state index contributed by atoms with van der Waals surface area (Å²) in [5, 5.41) is 0. The molecule has 0 amide bonds. The van der Waals surface area contributed by atoms with Crippen LogP contribution in [0.2, 0.25) is 0 Å². The highest BCUT2D eigenvalue weighted by Crippen LogP contribution is 2.60. The predicted molar refractivity (Wildman–Crippen MR) is 224 cm³/mol. The fourth-order valence-electron chi connectivity index (χ4n) is 13.0. The Kier molecular flexibility index (Phi) is 15.5. The molecule has 3 nitrogen and oxygen atoms in total. The smallest absolute Gasteiger partial charge is 0.110 e. The summed E-state index contributed by atoms with van der Waals surface area (Å²) in [5.74, 6) is 4.06. The topological polar surface area (TPSA) is 27.7 Å². The summed E-state index contributed by atoms with van der Waals surface area (Å²) in [5.41, 5.74) is -0.0393. The third-order valence-corrected chi connectivity index (χ3v) is 15.8. The van der Waals surface area contributed by atoms with E-state index in [1.807, 2.05) is 0 Å². The molecule has 0 unspecified atom stereocenters. The Labute approximate surface area is 327 Å². The summed E-state index contributed by atoms with van der Waals surface area (Å²) in [7, 11) is 0. The fourth-order valence-corrected chi connectivity index (χ4v) is 13.0. The lowest BCUT2D eigenvalue weighted by molar-refractivity contribution is -0.126. The SMILES string of the molecule is CCCOC1(C2(C3CCC(CCC)CC3)CCCCC2)C=CC(COCC2C=CC(OCCC)(C3(C4CCC(CCC)CC4)CCCCC3)C=C2)C=C1. The summed E-state index contributed by atoms with van der Waals surface area (Å²) >= 11 is 0. The van der Waals surface area contributed by atoms with Crippen LogP contribution in [0.1, 0.15) is 182 Å². The zero-order chi connectivity index (χ0) is 37.0. The predicted octanol–water partition coefficient (Wildman–Crippen LogP) is 13.9. The Balaban J connectivity index is 1.10. The molecule has 0 N–H and O–H groups in total. The maximum absolute atomic E-state index is 7.06. The van der Waals surface area contributed by atoms with E-state index in [4.69, 9.17) is 14.2 Å². The molecule has 0 atom stereocenters. The molecule has 6 rings (SSSR count). The number of rotatable bonds is 18. The third kappa shape index (κ3) is 9.20. The summed E-state index contributed by atoms with van der Waals surface area (Å²) in [6, 6.07) is 0. The van der Waals surface area contributed by atoms with E-state index in [9.17, 15) is 0 Å². The molecule has 0 saturated heterocycles. The van der Waals surface area contributed by atoms with Gasteiger partial charge in [-0.25, -0.2) is 0 Å². The summed E-state index contributed by atoms with van der Waals surface area (Å²) in [6.07, 6.45) is 52.4. The van der Waals surface area contributed by atoms with Crippen molar-refractivity contribution in [3.63, 3.8) is 0 Å². The van der Waals surface area contributed by atoms with Crippen molar-refractivity contribution in [3.05, 3.63) is 48.6 Å². The molecule has 0 radical (unpaired) electrons. The Bertz CT molecular complexity index is 1060. The van der Waals surface area contributed by atoms with Gasteiger partial charge in [0.25, 0.3) is 0 Å². The summed E-state index contributed by atoms with van der Waals surface area (Å²) < 4.78 is 20.7. The van der Waals surface area contributed by atoms with Gasteiger partial charge in [-0.05, 0) is 87.9 Å². The number of ether oxygens (including phenoxy) is 3. The fraction of sp³-hybridized carbons (Fsp3) is 0.840. The normalized spacial score (nSPS) is 36.8. The van der Waals surface area contributed by atoms with Crippen molar-refractivity contribution in [3.8, 4) is 0 Å². The first-order valence-electron chi connectivity index (χ1n) is 23.6. The molecule has 0 aromatic heterocycles. The number of hydrogen-bond acceptors (Lipinski definition) is 3. The Morgan fingerprint density at radius 1 is 0.453 bits per heavy atom. The minimum absolute atomic E-state index is 0.241. The van der Waals surface area contributed by atoms with Crippen LogP contribution in [0, 0.1) is 46.3 Å². The highest BCUT2D eigenvalue weighted by molar-refractivity contribution is 5.31. The van der Waals surface area contributed by atoms with E-state index in [0.717, 1.165) is 62.9 Å². The van der Waals surface area contributed by atoms with Crippen LogP contribution in [0.3, 0.4) is 0 Å². The Hall–Kier alpha value is -1.16. The van der Waals surface area contributed by atoms with Gasteiger partial charge in [0, 0.05) is 35.9 Å². The van der Waals surface area contributed by atoms with Gasteiger partial charge in [-0.1, -0.05) is 166 Å². The third-order valence-electron chi connectivity index (χ3n) is 15.8. The maximum atomic E-state index is 7.06. The minimum atomic E-state index is -0.261. The van der Waals surface area contributed by atoms with E-state index in [1.165, 1.54) is 141 Å². The molecule has 0 spiro atoms. The van der Waals surface area contributed by atoms with Crippen molar-refractivity contribution >= 4 is 0 Å². The molecule has 6 aliphatic rings. The van der Waals surface area contributed by atoms with Gasteiger partial charge in [0.1, 0.15) is 11.2 Å². The van der Waals surface area contributed by atoms with Crippen LogP contribution in [0.15, 0.2) is 48.6 Å². The lowest BCUT2D eigenvalue weighted by Crippen LogP contribution is -2.55. The van der Waals surface area contributed by atoms with Crippen LogP contribution in [-0.2, 0) is 14.2 Å². The largest absolute Gasteiger partial charge is 0.380 e.